The van der Waals surface area contributed by atoms with Crippen molar-refractivity contribution in [2.24, 2.45) is 0 Å². The number of aromatic nitrogens is 3. The van der Waals surface area contributed by atoms with Gasteiger partial charge in [0.2, 0.25) is 0 Å². The van der Waals surface area contributed by atoms with E-state index in [9.17, 15) is 4.79 Å². The molecule has 3 heterocycles. The van der Waals surface area contributed by atoms with Crippen molar-refractivity contribution in [1.29, 1.82) is 0 Å². The minimum atomic E-state index is -1.93. The number of carbonyl (C=O) groups is 1. The van der Waals surface area contributed by atoms with Crippen LogP contribution in [0.2, 0.25) is 18.1 Å². The molecular formula is C26H35IN4O4SSi. The SMILES string of the molecule is CSCO[C@@H]1C[C@H](n2cc(I)c3c(NC(=O)c4ccccc4)ncnc32)O[C@@H]1CO[Si](C)(C)C(C)(C)C. The van der Waals surface area contributed by atoms with Crippen LogP contribution in [-0.4, -0.2) is 59.8 Å². The van der Waals surface area contributed by atoms with Crippen molar-refractivity contribution in [2.45, 2.75) is 63.8 Å². The fraction of sp³-hybridized carbons (Fsp3) is 0.500. The van der Waals surface area contributed by atoms with Gasteiger partial charge >= 0.3 is 0 Å². The molecule has 2 aromatic heterocycles. The van der Waals surface area contributed by atoms with E-state index in [2.05, 4.69) is 71.7 Å². The van der Waals surface area contributed by atoms with E-state index in [1.54, 1.807) is 23.9 Å². The third kappa shape index (κ3) is 6.39. The van der Waals surface area contributed by atoms with Crippen molar-refractivity contribution in [2.75, 3.05) is 24.1 Å². The van der Waals surface area contributed by atoms with E-state index in [0.717, 1.165) is 8.96 Å². The molecule has 37 heavy (non-hydrogen) atoms. The Bertz CT molecular complexity index is 1230. The lowest BCUT2D eigenvalue weighted by atomic mass is 10.2. The lowest BCUT2D eigenvalue weighted by molar-refractivity contribution is -0.0506. The van der Waals surface area contributed by atoms with Crippen molar-refractivity contribution >= 4 is 65.4 Å². The summed E-state index contributed by atoms with van der Waals surface area (Å²) in [6, 6.07) is 9.10. The van der Waals surface area contributed by atoms with Crippen LogP contribution in [-0.2, 0) is 13.9 Å². The van der Waals surface area contributed by atoms with Gasteiger partial charge in [-0.25, -0.2) is 9.97 Å². The monoisotopic (exact) mass is 654 g/mol. The van der Waals surface area contributed by atoms with Crippen molar-refractivity contribution in [1.82, 2.24) is 14.5 Å². The Morgan fingerprint density at radius 2 is 2.00 bits per heavy atom. The Labute approximate surface area is 237 Å². The molecule has 200 valence electrons. The maximum atomic E-state index is 12.8. The van der Waals surface area contributed by atoms with Crippen molar-refractivity contribution in [3.05, 3.63) is 52.0 Å². The van der Waals surface area contributed by atoms with Gasteiger partial charge in [-0.15, -0.1) is 11.8 Å². The first-order chi connectivity index (χ1) is 17.5. The number of hydrogen-bond acceptors (Lipinski definition) is 7. The first-order valence-corrected chi connectivity index (χ1v) is 17.7. The molecule has 11 heteroatoms. The second kappa shape index (κ2) is 11.7. The fourth-order valence-electron chi connectivity index (χ4n) is 3.98. The van der Waals surface area contributed by atoms with E-state index in [4.69, 9.17) is 13.9 Å². The van der Waals surface area contributed by atoms with Crippen LogP contribution in [0.1, 0.15) is 43.8 Å². The Morgan fingerprint density at radius 1 is 1.27 bits per heavy atom. The molecule has 1 aromatic carbocycles. The summed E-state index contributed by atoms with van der Waals surface area (Å²) in [5.74, 6) is 0.863. The number of anilines is 1. The number of hydrogen-bond donors (Lipinski definition) is 1. The summed E-state index contributed by atoms with van der Waals surface area (Å²) in [7, 11) is -1.93. The zero-order chi connectivity index (χ0) is 26.8. The predicted molar refractivity (Wildman–Crippen MR) is 160 cm³/mol. The normalized spacial score (nSPS) is 20.5. The Morgan fingerprint density at radius 3 is 2.68 bits per heavy atom. The van der Waals surface area contributed by atoms with Gasteiger partial charge in [0.15, 0.2) is 8.32 Å². The van der Waals surface area contributed by atoms with E-state index in [0.29, 0.717) is 36.0 Å². The molecule has 0 saturated carbocycles. The smallest absolute Gasteiger partial charge is 0.256 e. The number of ether oxygens (including phenoxy) is 2. The van der Waals surface area contributed by atoms with Crippen LogP contribution in [0.15, 0.2) is 42.9 Å². The van der Waals surface area contributed by atoms with Gasteiger partial charge in [-0.2, -0.15) is 0 Å². The molecule has 1 aliphatic rings. The molecular weight excluding hydrogens is 619 g/mol. The fourth-order valence-corrected chi connectivity index (χ4v) is 6.10. The third-order valence-electron chi connectivity index (χ3n) is 7.14. The van der Waals surface area contributed by atoms with Crippen LogP contribution in [0, 0.1) is 3.57 Å². The van der Waals surface area contributed by atoms with E-state index in [1.165, 1.54) is 6.33 Å². The minimum Gasteiger partial charge on any atom is -0.414 e. The average Bonchev–Trinajstić information content (AvgIpc) is 3.42. The largest absolute Gasteiger partial charge is 0.414 e. The molecule has 1 fully saturated rings. The van der Waals surface area contributed by atoms with Crippen LogP contribution >= 0.6 is 34.4 Å². The molecule has 1 saturated heterocycles. The lowest BCUT2D eigenvalue weighted by Gasteiger charge is -2.37. The Balaban J connectivity index is 1.58. The Hall–Kier alpha value is -1.51. The van der Waals surface area contributed by atoms with Gasteiger partial charge in [0.25, 0.3) is 5.91 Å². The highest BCUT2D eigenvalue weighted by atomic mass is 127. The van der Waals surface area contributed by atoms with E-state index >= 15 is 0 Å². The maximum Gasteiger partial charge on any atom is 0.256 e. The summed E-state index contributed by atoms with van der Waals surface area (Å²) in [6.45, 7) is 11.7. The van der Waals surface area contributed by atoms with Gasteiger partial charge in [-0.3, -0.25) is 4.79 Å². The molecule has 3 aromatic rings. The molecule has 0 unspecified atom stereocenters. The standard InChI is InChI=1S/C26H35IN4O4SSi/c1-26(2,3)37(5,6)34-14-20-19(33-16-36-4)12-21(35-20)31-13-18(27)22-23(28-15-29-24(22)31)30-25(32)17-10-8-7-9-11-17/h7-11,13,15,19-21H,12,14,16H2,1-6H3,(H,28,29,30,32)/t19-,20-,21-/m1/s1. The molecule has 3 atom stereocenters. The summed E-state index contributed by atoms with van der Waals surface area (Å²) >= 11 is 3.91. The summed E-state index contributed by atoms with van der Waals surface area (Å²) in [6.07, 6.45) is 5.66. The van der Waals surface area contributed by atoms with Crippen LogP contribution in [0.25, 0.3) is 11.0 Å². The van der Waals surface area contributed by atoms with E-state index in [1.807, 2.05) is 35.2 Å². The van der Waals surface area contributed by atoms with Gasteiger partial charge in [0.1, 0.15) is 30.1 Å². The first-order valence-electron chi connectivity index (χ1n) is 12.3. The zero-order valence-electron chi connectivity index (χ0n) is 22.2. The molecule has 1 amide bonds. The molecule has 4 rings (SSSR count). The lowest BCUT2D eigenvalue weighted by Crippen LogP contribution is -2.44. The minimum absolute atomic E-state index is 0.0866. The Kier molecular flexibility index (Phi) is 9.01. The summed E-state index contributed by atoms with van der Waals surface area (Å²) in [4.78, 5) is 21.7. The quantitative estimate of drug-likeness (QED) is 0.165. The number of thioether (sulfide) groups is 1. The molecule has 1 N–H and O–H groups in total. The van der Waals surface area contributed by atoms with Gasteiger partial charge in [0.05, 0.1) is 24.0 Å². The summed E-state index contributed by atoms with van der Waals surface area (Å²) in [5.41, 5.74) is 1.28. The zero-order valence-corrected chi connectivity index (χ0v) is 26.1. The molecule has 1 aliphatic heterocycles. The average molecular weight is 655 g/mol. The topological polar surface area (TPSA) is 87.5 Å². The highest BCUT2D eigenvalue weighted by Gasteiger charge is 2.42. The molecule has 8 nitrogen and oxygen atoms in total. The van der Waals surface area contributed by atoms with Crippen LogP contribution in [0.4, 0.5) is 5.82 Å². The number of halogens is 1. The van der Waals surface area contributed by atoms with Crippen molar-refractivity contribution in [3.8, 4) is 0 Å². The molecule has 0 radical (unpaired) electrons. The highest BCUT2D eigenvalue weighted by Crippen LogP contribution is 2.40. The van der Waals surface area contributed by atoms with Gasteiger partial charge < -0.3 is 23.8 Å². The first kappa shape index (κ1) is 28.5. The molecule has 0 bridgehead atoms. The summed E-state index contributed by atoms with van der Waals surface area (Å²) in [5, 5.41) is 3.86. The molecule has 0 aliphatic carbocycles. The summed E-state index contributed by atoms with van der Waals surface area (Å²) < 4.78 is 22.2. The second-order valence-corrected chi connectivity index (χ2v) is 17.5. The van der Waals surface area contributed by atoms with E-state index < -0.39 is 8.32 Å². The highest BCUT2D eigenvalue weighted by molar-refractivity contribution is 14.1. The van der Waals surface area contributed by atoms with Crippen LogP contribution in [0.3, 0.4) is 0 Å². The number of rotatable bonds is 9. The van der Waals surface area contributed by atoms with Gasteiger partial charge in [0, 0.05) is 21.8 Å². The second-order valence-electron chi connectivity index (χ2n) is 10.7. The number of amides is 1. The van der Waals surface area contributed by atoms with Crippen molar-refractivity contribution in [3.63, 3.8) is 0 Å². The molecule has 0 spiro atoms. The number of benzene rings is 1. The van der Waals surface area contributed by atoms with Crippen LogP contribution in [0.5, 0.6) is 0 Å². The predicted octanol–water partition coefficient (Wildman–Crippen LogP) is 6.30. The van der Waals surface area contributed by atoms with Crippen molar-refractivity contribution < 1.29 is 18.7 Å². The number of fused-ring (bicyclic) bond motifs is 1. The third-order valence-corrected chi connectivity index (χ3v) is 12.8. The van der Waals surface area contributed by atoms with Crippen LogP contribution < -0.4 is 5.32 Å². The number of nitrogens with one attached hydrogen (secondary N) is 1. The van der Waals surface area contributed by atoms with Gasteiger partial charge in [-0.05, 0) is 59.1 Å². The number of carbonyl (C=O) groups excluding carboxylic acids is 1. The van der Waals surface area contributed by atoms with E-state index in [-0.39, 0.29) is 29.4 Å². The van der Waals surface area contributed by atoms with Gasteiger partial charge in [-0.1, -0.05) is 39.0 Å². The number of nitrogens with zero attached hydrogens (tertiary/aromatic N) is 3. The maximum absolute atomic E-state index is 12.8.